The predicted molar refractivity (Wildman–Crippen MR) is 83.5 cm³/mol. The van der Waals surface area contributed by atoms with Gasteiger partial charge in [0.25, 0.3) is 0 Å². The molecule has 1 aliphatic heterocycles. The van der Waals surface area contributed by atoms with Gasteiger partial charge in [0.1, 0.15) is 11.9 Å². The fourth-order valence-electron chi connectivity index (χ4n) is 3.00. The number of hydrogen-bond acceptors (Lipinski definition) is 3. The molecule has 0 aliphatic carbocycles. The molecule has 0 saturated carbocycles. The van der Waals surface area contributed by atoms with Crippen LogP contribution in [0.4, 0.5) is 0 Å². The molecular weight excluding hydrogens is 262 g/mol. The van der Waals surface area contributed by atoms with Crippen molar-refractivity contribution in [2.75, 3.05) is 13.7 Å². The number of hydrogen-bond donors (Lipinski definition) is 1. The maximum absolute atomic E-state index is 6.52. The maximum atomic E-state index is 6.52. The topological polar surface area (TPSA) is 44.5 Å². The lowest BCUT2D eigenvalue weighted by Crippen LogP contribution is -2.27. The summed E-state index contributed by atoms with van der Waals surface area (Å²) in [5.74, 6) is 0.819. The lowest BCUT2D eigenvalue weighted by atomic mass is 9.89. The van der Waals surface area contributed by atoms with Crippen molar-refractivity contribution in [3.05, 3.63) is 64.7 Å². The van der Waals surface area contributed by atoms with Gasteiger partial charge in [0.15, 0.2) is 0 Å². The van der Waals surface area contributed by atoms with E-state index in [0.29, 0.717) is 6.61 Å². The molecule has 3 heteroatoms. The van der Waals surface area contributed by atoms with Crippen molar-refractivity contribution in [3.8, 4) is 5.75 Å². The van der Waals surface area contributed by atoms with Crippen LogP contribution in [0.25, 0.3) is 0 Å². The number of benzene rings is 2. The highest BCUT2D eigenvalue weighted by molar-refractivity contribution is 5.42. The molecule has 0 aromatic heterocycles. The van der Waals surface area contributed by atoms with Gasteiger partial charge in [0, 0.05) is 5.56 Å². The molecule has 0 amide bonds. The van der Waals surface area contributed by atoms with E-state index in [9.17, 15) is 0 Å². The van der Waals surface area contributed by atoms with Crippen molar-refractivity contribution in [1.29, 1.82) is 0 Å². The largest absolute Gasteiger partial charge is 0.496 e. The average molecular weight is 283 g/mol. The summed E-state index contributed by atoms with van der Waals surface area (Å²) in [4.78, 5) is 0. The van der Waals surface area contributed by atoms with E-state index in [0.717, 1.165) is 17.7 Å². The second kappa shape index (κ2) is 5.88. The van der Waals surface area contributed by atoms with Gasteiger partial charge in [0.05, 0.1) is 19.8 Å². The van der Waals surface area contributed by atoms with Gasteiger partial charge in [-0.1, -0.05) is 42.0 Å². The van der Waals surface area contributed by atoms with E-state index >= 15 is 0 Å². The Bertz CT molecular complexity index is 639. The fraction of sp³-hybridized carbons (Fsp3) is 0.333. The number of nitrogens with two attached hydrogens (primary N) is 1. The van der Waals surface area contributed by atoms with E-state index in [4.69, 9.17) is 15.2 Å². The highest BCUT2D eigenvalue weighted by Gasteiger charge is 2.29. The first-order valence-electron chi connectivity index (χ1n) is 7.30. The van der Waals surface area contributed by atoms with Crippen LogP contribution in [0.5, 0.6) is 5.75 Å². The Morgan fingerprint density at radius 2 is 2.05 bits per heavy atom. The molecule has 1 heterocycles. The number of fused-ring (bicyclic) bond motifs is 1. The van der Waals surface area contributed by atoms with Crippen LogP contribution < -0.4 is 10.5 Å². The van der Waals surface area contributed by atoms with Crippen LogP contribution in [-0.2, 0) is 11.2 Å². The molecule has 0 fully saturated rings. The monoisotopic (exact) mass is 283 g/mol. The van der Waals surface area contributed by atoms with Crippen LogP contribution in [0.2, 0.25) is 0 Å². The van der Waals surface area contributed by atoms with Gasteiger partial charge in [0.2, 0.25) is 0 Å². The molecule has 2 atom stereocenters. The van der Waals surface area contributed by atoms with Crippen molar-refractivity contribution in [3.63, 3.8) is 0 Å². The summed E-state index contributed by atoms with van der Waals surface area (Å²) in [7, 11) is 1.68. The molecule has 0 spiro atoms. The van der Waals surface area contributed by atoms with Crippen molar-refractivity contribution >= 4 is 0 Å². The van der Waals surface area contributed by atoms with Gasteiger partial charge in [-0.3, -0.25) is 0 Å². The Morgan fingerprint density at radius 3 is 2.86 bits per heavy atom. The van der Waals surface area contributed by atoms with Crippen LogP contribution in [0.3, 0.4) is 0 Å². The molecule has 0 bridgehead atoms. The summed E-state index contributed by atoms with van der Waals surface area (Å²) >= 11 is 0. The van der Waals surface area contributed by atoms with Crippen molar-refractivity contribution in [2.24, 2.45) is 5.73 Å². The summed E-state index contributed by atoms with van der Waals surface area (Å²) in [6.07, 6.45) is 0.829. The molecule has 0 radical (unpaired) electrons. The first kappa shape index (κ1) is 14.1. The summed E-state index contributed by atoms with van der Waals surface area (Å²) < 4.78 is 11.4. The molecule has 2 aromatic rings. The Balaban J connectivity index is 2.00. The molecular formula is C18H21NO2. The van der Waals surface area contributed by atoms with Crippen molar-refractivity contribution in [2.45, 2.75) is 25.5 Å². The normalized spacial score (nSPS) is 18.9. The zero-order valence-corrected chi connectivity index (χ0v) is 12.5. The summed E-state index contributed by atoms with van der Waals surface area (Å²) in [5, 5.41) is 0. The maximum Gasteiger partial charge on any atom is 0.123 e. The average Bonchev–Trinajstić information content (AvgIpc) is 2.53. The quantitative estimate of drug-likeness (QED) is 0.940. The summed E-state index contributed by atoms with van der Waals surface area (Å²) in [5.41, 5.74) is 11.2. The van der Waals surface area contributed by atoms with E-state index < -0.39 is 0 Å². The Hall–Kier alpha value is -1.84. The molecule has 0 saturated heterocycles. The second-order valence-electron chi connectivity index (χ2n) is 5.51. The van der Waals surface area contributed by atoms with Crippen LogP contribution in [0.15, 0.2) is 42.5 Å². The fourth-order valence-corrected chi connectivity index (χ4v) is 3.00. The highest BCUT2D eigenvalue weighted by Crippen LogP contribution is 2.38. The van der Waals surface area contributed by atoms with E-state index in [2.05, 4.69) is 31.2 Å². The molecule has 3 nitrogen and oxygen atoms in total. The van der Waals surface area contributed by atoms with E-state index in [1.807, 2.05) is 18.2 Å². The number of methoxy groups -OCH3 is 1. The van der Waals surface area contributed by atoms with Crippen LogP contribution in [0, 0.1) is 6.92 Å². The Morgan fingerprint density at radius 1 is 1.24 bits per heavy atom. The number of rotatable bonds is 3. The zero-order chi connectivity index (χ0) is 14.8. The van der Waals surface area contributed by atoms with E-state index in [-0.39, 0.29) is 12.1 Å². The van der Waals surface area contributed by atoms with Crippen molar-refractivity contribution in [1.82, 2.24) is 0 Å². The summed E-state index contributed by atoms with van der Waals surface area (Å²) in [6.45, 7) is 2.77. The van der Waals surface area contributed by atoms with E-state index in [1.54, 1.807) is 7.11 Å². The van der Waals surface area contributed by atoms with Crippen LogP contribution in [-0.4, -0.2) is 13.7 Å². The van der Waals surface area contributed by atoms with Gasteiger partial charge < -0.3 is 15.2 Å². The van der Waals surface area contributed by atoms with Gasteiger partial charge in [-0.15, -0.1) is 0 Å². The summed E-state index contributed by atoms with van der Waals surface area (Å²) in [6, 6.07) is 14.2. The molecule has 1 aliphatic rings. The standard InChI is InChI=1S/C18H21NO2/c1-12-7-8-16(20-2)15(11-12)17(19)18-14-6-4-3-5-13(14)9-10-21-18/h3-8,11,17-18H,9-10,19H2,1-2H3. The molecule has 2 unspecified atom stereocenters. The van der Waals surface area contributed by atoms with Crippen LogP contribution in [0.1, 0.15) is 34.4 Å². The SMILES string of the molecule is COc1ccc(C)cc1C(N)C1OCCc2ccccc21. The number of ether oxygens (including phenoxy) is 2. The minimum atomic E-state index is -0.235. The van der Waals surface area contributed by atoms with Gasteiger partial charge in [-0.2, -0.15) is 0 Å². The number of aryl methyl sites for hydroxylation is 1. The Labute approximate surface area is 125 Å². The zero-order valence-electron chi connectivity index (χ0n) is 12.5. The molecule has 110 valence electrons. The molecule has 3 rings (SSSR count). The predicted octanol–water partition coefficient (Wildman–Crippen LogP) is 3.32. The lowest BCUT2D eigenvalue weighted by molar-refractivity contribution is 0.0236. The molecule has 2 N–H and O–H groups in total. The van der Waals surface area contributed by atoms with Gasteiger partial charge >= 0.3 is 0 Å². The third-order valence-corrected chi connectivity index (χ3v) is 4.10. The Kier molecular flexibility index (Phi) is 3.95. The minimum Gasteiger partial charge on any atom is -0.496 e. The third kappa shape index (κ3) is 2.67. The smallest absolute Gasteiger partial charge is 0.123 e. The van der Waals surface area contributed by atoms with Gasteiger partial charge in [-0.25, -0.2) is 0 Å². The first-order valence-corrected chi connectivity index (χ1v) is 7.30. The highest BCUT2D eigenvalue weighted by atomic mass is 16.5. The first-order chi connectivity index (χ1) is 10.2. The molecule has 2 aromatic carbocycles. The van der Waals surface area contributed by atoms with Crippen molar-refractivity contribution < 1.29 is 9.47 Å². The second-order valence-corrected chi connectivity index (χ2v) is 5.51. The van der Waals surface area contributed by atoms with E-state index in [1.165, 1.54) is 16.7 Å². The lowest BCUT2D eigenvalue weighted by Gasteiger charge is -2.31. The third-order valence-electron chi connectivity index (χ3n) is 4.10. The van der Waals surface area contributed by atoms with Gasteiger partial charge in [-0.05, 0) is 30.5 Å². The van der Waals surface area contributed by atoms with Crippen LogP contribution >= 0.6 is 0 Å². The molecule has 21 heavy (non-hydrogen) atoms. The minimum absolute atomic E-state index is 0.120.